The summed E-state index contributed by atoms with van der Waals surface area (Å²) >= 11 is 0. The van der Waals surface area contributed by atoms with E-state index >= 15 is 0 Å². The van der Waals surface area contributed by atoms with Gasteiger partial charge in [-0.25, -0.2) is 0 Å². The third-order valence-electron chi connectivity index (χ3n) is 3.62. The fraction of sp³-hybridized carbons (Fsp3) is 0.368. The van der Waals surface area contributed by atoms with Crippen molar-refractivity contribution in [3.05, 3.63) is 65.7 Å². The molecule has 0 heterocycles. The molecule has 1 unspecified atom stereocenters. The van der Waals surface area contributed by atoms with Crippen LogP contribution in [0.2, 0.25) is 0 Å². The standard InChI is InChI=1S/C19H25NO/c1-3-18(13-16-9-6-5-7-10-16)20-15-17-11-8-12-19(14-17)21-4-2/h5-12,14,18,20H,3-4,13,15H2,1-2H3. The van der Waals surface area contributed by atoms with Crippen molar-refractivity contribution < 1.29 is 4.74 Å². The molecule has 0 saturated carbocycles. The molecule has 2 aromatic rings. The molecule has 0 amide bonds. The van der Waals surface area contributed by atoms with Gasteiger partial charge in [0.25, 0.3) is 0 Å². The highest BCUT2D eigenvalue weighted by atomic mass is 16.5. The van der Waals surface area contributed by atoms with E-state index in [-0.39, 0.29) is 0 Å². The van der Waals surface area contributed by atoms with Gasteiger partial charge in [0.1, 0.15) is 5.75 Å². The van der Waals surface area contributed by atoms with Gasteiger partial charge in [0.05, 0.1) is 6.61 Å². The van der Waals surface area contributed by atoms with Crippen molar-refractivity contribution in [2.75, 3.05) is 6.61 Å². The first-order valence-electron chi connectivity index (χ1n) is 7.80. The zero-order valence-electron chi connectivity index (χ0n) is 13.0. The molecule has 0 aliphatic heterocycles. The summed E-state index contributed by atoms with van der Waals surface area (Å²) in [5, 5.41) is 3.65. The molecule has 0 aromatic heterocycles. The van der Waals surface area contributed by atoms with Crippen molar-refractivity contribution in [2.24, 2.45) is 0 Å². The van der Waals surface area contributed by atoms with Crippen LogP contribution in [-0.4, -0.2) is 12.6 Å². The molecule has 2 nitrogen and oxygen atoms in total. The number of hydrogen-bond acceptors (Lipinski definition) is 2. The quantitative estimate of drug-likeness (QED) is 0.784. The number of ether oxygens (including phenoxy) is 1. The zero-order chi connectivity index (χ0) is 14.9. The van der Waals surface area contributed by atoms with E-state index in [1.54, 1.807) is 0 Å². The van der Waals surface area contributed by atoms with Gasteiger partial charge in [-0.2, -0.15) is 0 Å². The molecule has 0 saturated heterocycles. The maximum absolute atomic E-state index is 5.55. The van der Waals surface area contributed by atoms with Gasteiger partial charge in [-0.3, -0.25) is 0 Å². The molecule has 2 heteroatoms. The van der Waals surface area contributed by atoms with Crippen LogP contribution >= 0.6 is 0 Å². The van der Waals surface area contributed by atoms with Crippen LogP contribution in [0.1, 0.15) is 31.4 Å². The van der Waals surface area contributed by atoms with Gasteiger partial charge in [-0.1, -0.05) is 49.4 Å². The molecule has 0 aliphatic rings. The van der Waals surface area contributed by atoms with E-state index in [4.69, 9.17) is 4.74 Å². The molecule has 0 bridgehead atoms. The number of benzene rings is 2. The van der Waals surface area contributed by atoms with Gasteiger partial charge in [0, 0.05) is 12.6 Å². The highest BCUT2D eigenvalue weighted by Gasteiger charge is 2.07. The summed E-state index contributed by atoms with van der Waals surface area (Å²) in [6, 6.07) is 19.5. The first-order valence-corrected chi connectivity index (χ1v) is 7.80. The molecule has 0 spiro atoms. The summed E-state index contributed by atoms with van der Waals surface area (Å²) in [6.07, 6.45) is 2.20. The normalized spacial score (nSPS) is 12.1. The van der Waals surface area contributed by atoms with Gasteiger partial charge in [0.2, 0.25) is 0 Å². The topological polar surface area (TPSA) is 21.3 Å². The number of rotatable bonds is 8. The van der Waals surface area contributed by atoms with Crippen molar-refractivity contribution in [3.63, 3.8) is 0 Å². The SMILES string of the molecule is CCOc1cccc(CNC(CC)Cc2ccccc2)c1. The second kappa shape index (κ2) is 8.48. The van der Waals surface area contributed by atoms with Crippen LogP contribution in [0.5, 0.6) is 5.75 Å². The van der Waals surface area contributed by atoms with Crippen molar-refractivity contribution in [1.29, 1.82) is 0 Å². The Kier molecular flexibility index (Phi) is 6.29. The van der Waals surface area contributed by atoms with Crippen molar-refractivity contribution >= 4 is 0 Å². The van der Waals surface area contributed by atoms with E-state index in [1.807, 2.05) is 13.0 Å². The van der Waals surface area contributed by atoms with Crippen LogP contribution in [0.15, 0.2) is 54.6 Å². The van der Waals surface area contributed by atoms with Gasteiger partial charge >= 0.3 is 0 Å². The molecular weight excluding hydrogens is 258 g/mol. The van der Waals surface area contributed by atoms with Crippen molar-refractivity contribution in [3.8, 4) is 5.75 Å². The molecule has 0 aliphatic carbocycles. The Hall–Kier alpha value is -1.80. The Morgan fingerprint density at radius 1 is 0.952 bits per heavy atom. The molecule has 21 heavy (non-hydrogen) atoms. The van der Waals surface area contributed by atoms with Crippen molar-refractivity contribution in [1.82, 2.24) is 5.32 Å². The Morgan fingerprint density at radius 3 is 2.43 bits per heavy atom. The Balaban J connectivity index is 1.89. The van der Waals surface area contributed by atoms with Gasteiger partial charge < -0.3 is 10.1 Å². The van der Waals surface area contributed by atoms with Gasteiger partial charge in [-0.05, 0) is 43.0 Å². The molecule has 112 valence electrons. The fourth-order valence-corrected chi connectivity index (χ4v) is 2.43. The maximum atomic E-state index is 5.55. The second-order valence-electron chi connectivity index (χ2n) is 5.26. The van der Waals surface area contributed by atoms with Crippen molar-refractivity contribution in [2.45, 2.75) is 39.3 Å². The van der Waals surface area contributed by atoms with E-state index in [0.717, 1.165) is 25.1 Å². The lowest BCUT2D eigenvalue weighted by molar-refractivity contribution is 0.339. The summed E-state index contributed by atoms with van der Waals surface area (Å²) in [4.78, 5) is 0. The molecule has 2 aromatic carbocycles. The predicted molar refractivity (Wildman–Crippen MR) is 88.7 cm³/mol. The lowest BCUT2D eigenvalue weighted by Gasteiger charge is -2.17. The third-order valence-corrected chi connectivity index (χ3v) is 3.62. The van der Waals surface area contributed by atoms with Gasteiger partial charge in [-0.15, -0.1) is 0 Å². The first-order chi connectivity index (χ1) is 10.3. The molecule has 2 rings (SSSR count). The van der Waals surface area contributed by atoms with E-state index in [2.05, 4.69) is 60.8 Å². The van der Waals surface area contributed by atoms with Crippen LogP contribution in [0.4, 0.5) is 0 Å². The average molecular weight is 283 g/mol. The molecule has 1 N–H and O–H groups in total. The van der Waals surface area contributed by atoms with Crippen LogP contribution in [0, 0.1) is 0 Å². The van der Waals surface area contributed by atoms with E-state index in [9.17, 15) is 0 Å². The number of hydrogen-bond donors (Lipinski definition) is 1. The number of nitrogens with one attached hydrogen (secondary N) is 1. The molecule has 1 atom stereocenters. The predicted octanol–water partition coefficient (Wildman–Crippen LogP) is 4.20. The third kappa shape index (κ3) is 5.24. The Bertz CT molecular complexity index is 524. The lowest BCUT2D eigenvalue weighted by atomic mass is 10.0. The van der Waals surface area contributed by atoms with E-state index in [1.165, 1.54) is 11.1 Å². The zero-order valence-corrected chi connectivity index (χ0v) is 13.0. The minimum atomic E-state index is 0.503. The molecular formula is C19H25NO. The second-order valence-corrected chi connectivity index (χ2v) is 5.26. The smallest absolute Gasteiger partial charge is 0.119 e. The van der Waals surface area contributed by atoms with Crippen LogP contribution in [0.25, 0.3) is 0 Å². The minimum absolute atomic E-state index is 0.503. The monoisotopic (exact) mass is 283 g/mol. The minimum Gasteiger partial charge on any atom is -0.494 e. The summed E-state index contributed by atoms with van der Waals surface area (Å²) in [5.41, 5.74) is 2.66. The largest absolute Gasteiger partial charge is 0.494 e. The van der Waals surface area contributed by atoms with Crippen LogP contribution < -0.4 is 10.1 Å². The fourth-order valence-electron chi connectivity index (χ4n) is 2.43. The highest BCUT2D eigenvalue weighted by molar-refractivity contribution is 5.28. The van der Waals surface area contributed by atoms with Gasteiger partial charge in [0.15, 0.2) is 0 Å². The van der Waals surface area contributed by atoms with E-state index < -0.39 is 0 Å². The lowest BCUT2D eigenvalue weighted by Crippen LogP contribution is -2.30. The Morgan fingerprint density at radius 2 is 1.71 bits per heavy atom. The first kappa shape index (κ1) is 15.6. The average Bonchev–Trinajstić information content (AvgIpc) is 2.53. The molecule has 0 radical (unpaired) electrons. The van der Waals surface area contributed by atoms with Crippen LogP contribution in [-0.2, 0) is 13.0 Å². The summed E-state index contributed by atoms with van der Waals surface area (Å²) in [5.74, 6) is 0.952. The summed E-state index contributed by atoms with van der Waals surface area (Å²) in [6.45, 7) is 5.84. The van der Waals surface area contributed by atoms with Crippen LogP contribution in [0.3, 0.4) is 0 Å². The highest BCUT2D eigenvalue weighted by Crippen LogP contribution is 2.14. The summed E-state index contributed by atoms with van der Waals surface area (Å²) < 4.78 is 5.55. The van der Waals surface area contributed by atoms with E-state index in [0.29, 0.717) is 12.6 Å². The maximum Gasteiger partial charge on any atom is 0.119 e. The molecule has 0 fully saturated rings. The Labute approximate surface area is 128 Å². The summed E-state index contributed by atoms with van der Waals surface area (Å²) in [7, 11) is 0.